The zero-order chi connectivity index (χ0) is 22.3. The van der Waals surface area contributed by atoms with Crippen LogP contribution in [0.4, 0.5) is 29.2 Å². The summed E-state index contributed by atoms with van der Waals surface area (Å²) < 4.78 is 5.41. The first-order valence-corrected chi connectivity index (χ1v) is 10.1. The maximum Gasteiger partial charge on any atom is 0.250 e. The minimum absolute atomic E-state index is 0.0955. The average molecular weight is 456 g/mol. The summed E-state index contributed by atoms with van der Waals surface area (Å²) >= 11 is 5.95. The summed E-state index contributed by atoms with van der Waals surface area (Å²) in [5.74, 6) is 1.06. The van der Waals surface area contributed by atoms with Crippen LogP contribution in [-0.2, 0) is 4.74 Å². The molecule has 3 N–H and O–H groups in total. The number of hydrogen-bond donors (Lipinski definition) is 3. The Labute approximate surface area is 188 Å². The van der Waals surface area contributed by atoms with E-state index in [0.29, 0.717) is 48.8 Å². The number of rotatable bonds is 7. The lowest BCUT2D eigenvalue weighted by Crippen LogP contribution is -2.37. The highest BCUT2D eigenvalue weighted by molar-refractivity contribution is 6.30. The number of aromatic nitrogens is 3. The van der Waals surface area contributed by atoms with E-state index in [-0.39, 0.29) is 16.9 Å². The van der Waals surface area contributed by atoms with Crippen LogP contribution in [0.25, 0.3) is 0 Å². The normalized spacial score (nSPS) is 13.9. The molecule has 1 aliphatic rings. The van der Waals surface area contributed by atoms with Gasteiger partial charge in [-0.3, -0.25) is 5.21 Å². The minimum atomic E-state index is -0.208. The smallest absolute Gasteiger partial charge is 0.250 e. The van der Waals surface area contributed by atoms with Gasteiger partial charge in [0.2, 0.25) is 17.8 Å². The van der Waals surface area contributed by atoms with Crippen molar-refractivity contribution < 1.29 is 9.94 Å². The number of benzene rings is 2. The molecule has 11 nitrogen and oxygen atoms in total. The molecule has 32 heavy (non-hydrogen) atoms. The lowest BCUT2D eigenvalue weighted by Gasteiger charge is -2.27. The van der Waals surface area contributed by atoms with Crippen LogP contribution in [0.1, 0.15) is 5.56 Å². The van der Waals surface area contributed by atoms with Crippen molar-refractivity contribution in [3.05, 3.63) is 64.3 Å². The van der Waals surface area contributed by atoms with E-state index in [0.717, 1.165) is 5.69 Å². The molecule has 0 amide bonds. The Morgan fingerprint density at radius 3 is 2.59 bits per heavy atom. The Morgan fingerprint density at radius 2 is 1.84 bits per heavy atom. The number of morpholine rings is 1. The lowest BCUT2D eigenvalue weighted by atomic mass is 10.2. The van der Waals surface area contributed by atoms with Crippen LogP contribution in [0.3, 0.4) is 0 Å². The molecule has 1 aromatic heterocycles. The Balaban J connectivity index is 1.55. The number of hydrazone groups is 1. The predicted octanol–water partition coefficient (Wildman–Crippen LogP) is 3.24. The molecule has 1 saturated heterocycles. The van der Waals surface area contributed by atoms with Gasteiger partial charge < -0.3 is 25.4 Å². The highest BCUT2D eigenvalue weighted by Gasteiger charge is 2.16. The molecular weight excluding hydrogens is 436 g/mol. The van der Waals surface area contributed by atoms with Gasteiger partial charge in [-0.15, -0.1) is 0 Å². The summed E-state index contributed by atoms with van der Waals surface area (Å²) in [6.45, 7) is 2.49. The summed E-state index contributed by atoms with van der Waals surface area (Å²) in [5.41, 5.74) is 4.26. The third-order valence-corrected chi connectivity index (χ3v) is 4.74. The molecule has 4 rings (SSSR count). The van der Waals surface area contributed by atoms with Gasteiger partial charge in [-0.05, 0) is 42.0 Å². The van der Waals surface area contributed by atoms with E-state index in [1.807, 2.05) is 17.0 Å². The molecule has 2 heterocycles. The zero-order valence-electron chi connectivity index (χ0n) is 16.8. The van der Waals surface area contributed by atoms with Crippen molar-refractivity contribution in [2.24, 2.45) is 5.10 Å². The molecule has 0 saturated carbocycles. The zero-order valence-corrected chi connectivity index (χ0v) is 17.6. The van der Waals surface area contributed by atoms with E-state index in [1.54, 1.807) is 24.3 Å². The Morgan fingerprint density at radius 1 is 1.09 bits per heavy atom. The van der Waals surface area contributed by atoms with Crippen molar-refractivity contribution in [1.29, 1.82) is 0 Å². The SMILES string of the molecule is [O-]N(O)c1cccc(C=NNc2nc(Nc3ccc(Cl)cc3)nc(N3CCOCC3)n2)c1. The van der Waals surface area contributed by atoms with Crippen molar-refractivity contribution >= 4 is 47.0 Å². The fourth-order valence-corrected chi connectivity index (χ4v) is 3.05. The number of anilines is 5. The van der Waals surface area contributed by atoms with Gasteiger partial charge >= 0.3 is 0 Å². The van der Waals surface area contributed by atoms with Crippen molar-refractivity contribution in [3.63, 3.8) is 0 Å². The quantitative estimate of drug-likeness (QED) is 0.360. The highest BCUT2D eigenvalue weighted by atomic mass is 35.5. The molecule has 0 atom stereocenters. The first-order chi connectivity index (χ1) is 15.6. The average Bonchev–Trinajstić information content (AvgIpc) is 2.81. The molecule has 0 spiro atoms. The Bertz CT molecular complexity index is 1070. The highest BCUT2D eigenvalue weighted by Crippen LogP contribution is 2.20. The number of nitrogens with one attached hydrogen (secondary N) is 2. The summed E-state index contributed by atoms with van der Waals surface area (Å²) in [6, 6.07) is 13.5. The molecule has 0 radical (unpaired) electrons. The van der Waals surface area contributed by atoms with E-state index in [4.69, 9.17) is 21.5 Å². The molecule has 3 aromatic rings. The minimum Gasteiger partial charge on any atom is -0.733 e. The molecule has 0 aliphatic carbocycles. The van der Waals surface area contributed by atoms with Crippen molar-refractivity contribution in [1.82, 2.24) is 15.0 Å². The van der Waals surface area contributed by atoms with Crippen LogP contribution >= 0.6 is 11.6 Å². The first-order valence-electron chi connectivity index (χ1n) is 9.73. The molecule has 1 fully saturated rings. The van der Waals surface area contributed by atoms with Crippen molar-refractivity contribution in [2.45, 2.75) is 0 Å². The van der Waals surface area contributed by atoms with Gasteiger partial charge in [-0.25, -0.2) is 5.43 Å². The van der Waals surface area contributed by atoms with Gasteiger partial charge in [0, 0.05) is 23.8 Å². The maximum atomic E-state index is 11.0. The fraction of sp³-hybridized carbons (Fsp3) is 0.200. The van der Waals surface area contributed by atoms with Crippen molar-refractivity contribution in [3.8, 4) is 0 Å². The molecule has 12 heteroatoms. The van der Waals surface area contributed by atoms with E-state index >= 15 is 0 Å². The molecule has 2 aromatic carbocycles. The van der Waals surface area contributed by atoms with E-state index in [1.165, 1.54) is 18.3 Å². The summed E-state index contributed by atoms with van der Waals surface area (Å²) in [6.07, 6.45) is 1.48. The predicted molar refractivity (Wildman–Crippen MR) is 123 cm³/mol. The topological polar surface area (TPSA) is 134 Å². The van der Waals surface area contributed by atoms with E-state index in [2.05, 4.69) is 30.8 Å². The largest absolute Gasteiger partial charge is 0.733 e. The van der Waals surface area contributed by atoms with Gasteiger partial charge in [-0.2, -0.15) is 20.1 Å². The fourth-order valence-electron chi connectivity index (χ4n) is 2.93. The second kappa shape index (κ2) is 10.2. The van der Waals surface area contributed by atoms with Crippen LogP contribution in [0.15, 0.2) is 53.6 Å². The molecule has 1 aliphatic heterocycles. The van der Waals surface area contributed by atoms with Crippen LogP contribution in [-0.4, -0.2) is 52.7 Å². The van der Waals surface area contributed by atoms with Gasteiger partial charge in [-0.1, -0.05) is 23.7 Å². The molecular formula is C20H20ClN8O3-. The van der Waals surface area contributed by atoms with Crippen LogP contribution in [0.2, 0.25) is 5.02 Å². The Kier molecular flexibility index (Phi) is 6.92. The van der Waals surface area contributed by atoms with E-state index in [9.17, 15) is 5.21 Å². The number of nitrogens with zero attached hydrogens (tertiary/aromatic N) is 6. The monoisotopic (exact) mass is 455 g/mol. The Hall–Kier alpha value is -3.51. The number of ether oxygens (including phenoxy) is 1. The van der Waals surface area contributed by atoms with Gasteiger partial charge in [0.25, 0.3) is 0 Å². The summed E-state index contributed by atoms with van der Waals surface area (Å²) in [4.78, 5) is 15.3. The van der Waals surface area contributed by atoms with Crippen LogP contribution in [0, 0.1) is 5.21 Å². The maximum absolute atomic E-state index is 11.0. The van der Waals surface area contributed by atoms with Crippen LogP contribution < -0.4 is 20.9 Å². The second-order valence-corrected chi connectivity index (χ2v) is 7.19. The van der Waals surface area contributed by atoms with Gasteiger partial charge in [0.15, 0.2) is 0 Å². The van der Waals surface area contributed by atoms with Crippen molar-refractivity contribution in [2.75, 3.05) is 47.2 Å². The third-order valence-electron chi connectivity index (χ3n) is 4.49. The number of hydrogen-bond acceptors (Lipinski definition) is 11. The van der Waals surface area contributed by atoms with E-state index < -0.39 is 0 Å². The van der Waals surface area contributed by atoms with Gasteiger partial charge in [0.05, 0.1) is 25.1 Å². The van der Waals surface area contributed by atoms with Gasteiger partial charge in [0.1, 0.15) is 0 Å². The standard InChI is InChI=1S/C20H20ClN8O3/c21-15-4-6-16(7-5-15)23-18-24-19(26-20(25-18)28-8-10-32-11-9-28)27-22-13-14-2-1-3-17(12-14)29(30)31/h1-7,12-13,30H,8-11H2,(H2,23,24,25,26,27)/q-1. The molecule has 166 valence electrons. The molecule has 0 bridgehead atoms. The summed E-state index contributed by atoms with van der Waals surface area (Å²) in [5, 5.41) is 27.8. The summed E-state index contributed by atoms with van der Waals surface area (Å²) in [7, 11) is 0. The first kappa shape index (κ1) is 21.7. The van der Waals surface area contributed by atoms with Crippen LogP contribution in [0.5, 0.6) is 0 Å². The molecule has 0 unspecified atom stereocenters. The number of halogens is 1. The second-order valence-electron chi connectivity index (χ2n) is 6.75. The third kappa shape index (κ3) is 5.80. The lowest BCUT2D eigenvalue weighted by molar-refractivity contribution is 0.122.